The predicted molar refractivity (Wildman–Crippen MR) is 131 cm³/mol. The van der Waals surface area contributed by atoms with E-state index in [0.29, 0.717) is 6.42 Å². The molecule has 1 aliphatic rings. The van der Waals surface area contributed by atoms with Crippen LogP contribution in [0.5, 0.6) is 0 Å². The van der Waals surface area contributed by atoms with Crippen molar-refractivity contribution >= 4 is 18.0 Å². The zero-order chi connectivity index (χ0) is 25.9. The lowest BCUT2D eigenvalue weighted by atomic mass is 9.82. The van der Waals surface area contributed by atoms with Crippen LogP contribution in [-0.4, -0.2) is 52.0 Å². The van der Waals surface area contributed by atoms with E-state index < -0.39 is 36.0 Å². The minimum absolute atomic E-state index is 0.0734. The van der Waals surface area contributed by atoms with Gasteiger partial charge < -0.3 is 15.2 Å². The molecule has 0 fully saturated rings. The molecule has 2 amide bonds. The molecule has 2 aromatic carbocycles. The number of hydrogen-bond acceptors (Lipinski definition) is 5. The van der Waals surface area contributed by atoms with Gasteiger partial charge in [0.1, 0.15) is 12.6 Å². The molecule has 0 radical (unpaired) electrons. The summed E-state index contributed by atoms with van der Waals surface area (Å²) in [6, 6.07) is 13.3. The van der Waals surface area contributed by atoms with E-state index in [2.05, 4.69) is 5.32 Å². The summed E-state index contributed by atoms with van der Waals surface area (Å²) in [6.07, 6.45) is -0.349. The molecule has 8 heteroatoms. The Balaban J connectivity index is 1.62. The Morgan fingerprint density at radius 1 is 1.00 bits per heavy atom. The average Bonchev–Trinajstić information content (AvgIpc) is 3.09. The number of carbonyl (C=O) groups is 3. The standard InChI is InChI=1S/C27H34N2O6/c1-16(14-27(3,4)5)23(25(31)32)29(34)24(30)17(2)28-26(33)35-15-22-20-12-8-6-10-18(20)19-11-7-9-13-21(19)22/h6-13,16-17,22-23,34H,14-15H2,1-5H3,(H,28,33)(H,31,32)/t16?,17-,23?/m0/s1. The number of nitrogens with one attached hydrogen (secondary N) is 1. The maximum Gasteiger partial charge on any atom is 0.407 e. The van der Waals surface area contributed by atoms with Gasteiger partial charge in [-0.2, -0.15) is 0 Å². The number of rotatable bonds is 8. The fraction of sp³-hybridized carbons (Fsp3) is 0.444. The number of carboxylic acids is 1. The molecule has 3 N–H and O–H groups in total. The van der Waals surface area contributed by atoms with Gasteiger partial charge in [0.2, 0.25) is 0 Å². The Morgan fingerprint density at radius 3 is 2.00 bits per heavy atom. The molecule has 0 aliphatic heterocycles. The molecule has 2 unspecified atom stereocenters. The summed E-state index contributed by atoms with van der Waals surface area (Å²) in [7, 11) is 0. The Kier molecular flexibility index (Phi) is 7.85. The molecule has 2 aromatic rings. The first-order valence-corrected chi connectivity index (χ1v) is 11.8. The Bertz CT molecular complexity index is 1050. The third-order valence-corrected chi connectivity index (χ3v) is 6.26. The summed E-state index contributed by atoms with van der Waals surface area (Å²) in [4.78, 5) is 37.0. The largest absolute Gasteiger partial charge is 0.480 e. The van der Waals surface area contributed by atoms with Crippen LogP contribution in [0.1, 0.15) is 58.1 Å². The second kappa shape index (κ2) is 10.5. The topological polar surface area (TPSA) is 116 Å². The molecular weight excluding hydrogens is 448 g/mol. The van der Waals surface area contributed by atoms with Crippen LogP contribution in [0.4, 0.5) is 4.79 Å². The minimum Gasteiger partial charge on any atom is -0.480 e. The molecular formula is C27H34N2O6. The van der Waals surface area contributed by atoms with E-state index in [0.717, 1.165) is 22.3 Å². The highest BCUT2D eigenvalue weighted by Crippen LogP contribution is 2.44. The third-order valence-electron chi connectivity index (χ3n) is 6.26. The Morgan fingerprint density at radius 2 is 1.51 bits per heavy atom. The number of alkyl carbamates (subject to hydrolysis) is 1. The second-order valence-electron chi connectivity index (χ2n) is 10.4. The molecule has 0 heterocycles. The van der Waals surface area contributed by atoms with Gasteiger partial charge >= 0.3 is 12.1 Å². The first kappa shape index (κ1) is 26.2. The van der Waals surface area contributed by atoms with Crippen LogP contribution < -0.4 is 5.32 Å². The monoisotopic (exact) mass is 482 g/mol. The molecule has 8 nitrogen and oxygen atoms in total. The number of amides is 2. The van der Waals surface area contributed by atoms with Gasteiger partial charge in [-0.05, 0) is 46.9 Å². The lowest BCUT2D eigenvalue weighted by Gasteiger charge is -2.32. The van der Waals surface area contributed by atoms with Crippen LogP contribution in [0.25, 0.3) is 11.1 Å². The van der Waals surface area contributed by atoms with Crippen molar-refractivity contribution in [1.82, 2.24) is 10.4 Å². The third kappa shape index (κ3) is 6.00. The highest BCUT2D eigenvalue weighted by Gasteiger charge is 2.38. The fourth-order valence-electron chi connectivity index (χ4n) is 4.88. The van der Waals surface area contributed by atoms with Crippen LogP contribution in [0.2, 0.25) is 0 Å². The summed E-state index contributed by atoms with van der Waals surface area (Å²) in [5.41, 5.74) is 4.12. The maximum atomic E-state index is 12.7. The number of nitrogens with zero attached hydrogens (tertiary/aromatic N) is 1. The minimum atomic E-state index is -1.44. The van der Waals surface area contributed by atoms with Gasteiger partial charge in [0.05, 0.1) is 0 Å². The number of hydroxylamine groups is 2. The predicted octanol–water partition coefficient (Wildman–Crippen LogP) is 4.66. The van der Waals surface area contributed by atoms with Gasteiger partial charge in [-0.3, -0.25) is 10.0 Å². The number of aliphatic carboxylic acids is 1. The molecule has 0 saturated carbocycles. The summed E-state index contributed by atoms with van der Waals surface area (Å²) in [6.45, 7) is 8.97. The van der Waals surface area contributed by atoms with Gasteiger partial charge in [0, 0.05) is 5.92 Å². The SMILES string of the molecule is CC(CC(C)(C)C)C(C(=O)O)N(O)C(=O)[C@H](C)NC(=O)OCC1c2ccccc2-c2ccccc21. The number of benzene rings is 2. The van der Waals surface area contributed by atoms with Gasteiger partial charge in [0.25, 0.3) is 5.91 Å². The maximum absolute atomic E-state index is 12.7. The smallest absolute Gasteiger partial charge is 0.407 e. The molecule has 0 spiro atoms. The first-order chi connectivity index (χ1) is 16.4. The summed E-state index contributed by atoms with van der Waals surface area (Å²) >= 11 is 0. The average molecular weight is 483 g/mol. The molecule has 0 aromatic heterocycles. The van der Waals surface area contributed by atoms with E-state index in [-0.39, 0.29) is 23.0 Å². The van der Waals surface area contributed by atoms with Crippen LogP contribution in [-0.2, 0) is 14.3 Å². The highest BCUT2D eigenvalue weighted by atomic mass is 16.5. The van der Waals surface area contributed by atoms with Crippen molar-refractivity contribution in [2.45, 2.75) is 59.0 Å². The number of hydrogen-bond donors (Lipinski definition) is 3. The summed E-state index contributed by atoms with van der Waals surface area (Å²) in [5.74, 6) is -2.89. The zero-order valence-corrected chi connectivity index (χ0v) is 20.8. The highest BCUT2D eigenvalue weighted by molar-refractivity contribution is 5.88. The fourth-order valence-corrected chi connectivity index (χ4v) is 4.88. The van der Waals surface area contributed by atoms with Crippen molar-refractivity contribution in [2.24, 2.45) is 11.3 Å². The first-order valence-electron chi connectivity index (χ1n) is 11.8. The number of ether oxygens (including phenoxy) is 1. The van der Waals surface area contributed by atoms with Gasteiger partial charge in [-0.1, -0.05) is 76.2 Å². The van der Waals surface area contributed by atoms with Gasteiger partial charge in [-0.25, -0.2) is 14.7 Å². The van der Waals surface area contributed by atoms with Crippen molar-refractivity contribution in [3.63, 3.8) is 0 Å². The lowest BCUT2D eigenvalue weighted by Crippen LogP contribution is -2.54. The van der Waals surface area contributed by atoms with E-state index in [1.165, 1.54) is 6.92 Å². The summed E-state index contributed by atoms with van der Waals surface area (Å²) in [5, 5.41) is 22.7. The lowest BCUT2D eigenvalue weighted by molar-refractivity contribution is -0.192. The summed E-state index contributed by atoms with van der Waals surface area (Å²) < 4.78 is 5.44. The number of carboxylic acid groups (broad SMARTS) is 1. The molecule has 0 bridgehead atoms. The van der Waals surface area contributed by atoms with Crippen LogP contribution in [0, 0.1) is 11.3 Å². The Labute approximate surface area is 205 Å². The quantitative estimate of drug-likeness (QED) is 0.372. The van der Waals surface area contributed by atoms with Gasteiger partial charge in [0.15, 0.2) is 6.04 Å². The molecule has 35 heavy (non-hydrogen) atoms. The zero-order valence-electron chi connectivity index (χ0n) is 20.8. The van der Waals surface area contributed by atoms with E-state index in [4.69, 9.17) is 4.74 Å². The Hall–Kier alpha value is -3.39. The van der Waals surface area contributed by atoms with Crippen LogP contribution >= 0.6 is 0 Å². The van der Waals surface area contributed by atoms with Crippen molar-refractivity contribution < 1.29 is 29.4 Å². The van der Waals surface area contributed by atoms with Crippen molar-refractivity contribution in [2.75, 3.05) is 6.61 Å². The normalized spacial score (nSPS) is 15.4. The molecule has 3 rings (SSSR count). The van der Waals surface area contributed by atoms with Crippen molar-refractivity contribution in [3.8, 4) is 11.1 Å². The molecule has 188 valence electrons. The van der Waals surface area contributed by atoms with E-state index in [9.17, 15) is 24.7 Å². The second-order valence-corrected chi connectivity index (χ2v) is 10.4. The molecule has 1 aliphatic carbocycles. The van der Waals surface area contributed by atoms with E-state index in [1.54, 1.807) is 6.92 Å². The molecule has 3 atom stereocenters. The van der Waals surface area contributed by atoms with Crippen LogP contribution in [0.15, 0.2) is 48.5 Å². The van der Waals surface area contributed by atoms with E-state index >= 15 is 0 Å². The van der Waals surface area contributed by atoms with Crippen molar-refractivity contribution in [3.05, 3.63) is 59.7 Å². The van der Waals surface area contributed by atoms with Crippen LogP contribution in [0.3, 0.4) is 0 Å². The molecule has 0 saturated heterocycles. The van der Waals surface area contributed by atoms with Crippen molar-refractivity contribution in [1.29, 1.82) is 0 Å². The van der Waals surface area contributed by atoms with Gasteiger partial charge in [-0.15, -0.1) is 0 Å². The van der Waals surface area contributed by atoms with E-state index in [1.807, 2.05) is 69.3 Å². The number of fused-ring (bicyclic) bond motifs is 3. The number of carbonyl (C=O) groups excluding carboxylic acids is 2.